The highest BCUT2D eigenvalue weighted by atomic mass is 35.5. The molecule has 0 fully saturated rings. The average Bonchev–Trinajstić information content (AvgIpc) is 2.77. The predicted octanol–water partition coefficient (Wildman–Crippen LogP) is 3.64. The molecule has 32 heavy (non-hydrogen) atoms. The van der Waals surface area contributed by atoms with E-state index in [0.29, 0.717) is 22.4 Å². The highest BCUT2D eigenvalue weighted by molar-refractivity contribution is 6.31. The number of halogens is 1. The summed E-state index contributed by atoms with van der Waals surface area (Å²) >= 11 is 6.52. The Morgan fingerprint density at radius 3 is 2.47 bits per heavy atom. The van der Waals surface area contributed by atoms with Crippen LogP contribution >= 0.6 is 11.6 Å². The Morgan fingerprint density at radius 1 is 1.12 bits per heavy atom. The first-order valence-corrected chi connectivity index (χ1v) is 10.3. The Hall–Kier alpha value is -3.52. The quantitative estimate of drug-likeness (QED) is 0.585. The van der Waals surface area contributed by atoms with Gasteiger partial charge in [0, 0.05) is 17.2 Å². The SMILES string of the molecule is CCOC(=O)COc1cc(Cl)c(C2NC(=O)NC(c3ccccc3)=C2C(C)=O)cc1OC. The van der Waals surface area contributed by atoms with Crippen molar-refractivity contribution in [3.05, 3.63) is 64.2 Å². The van der Waals surface area contributed by atoms with E-state index in [-0.39, 0.29) is 35.5 Å². The minimum absolute atomic E-state index is 0.225. The van der Waals surface area contributed by atoms with E-state index in [2.05, 4.69) is 10.6 Å². The minimum atomic E-state index is -0.822. The number of nitrogens with one attached hydrogen (secondary N) is 2. The Kier molecular flexibility index (Phi) is 7.37. The number of benzene rings is 2. The Balaban J connectivity index is 2.05. The number of ether oxygens (including phenoxy) is 3. The molecule has 0 aliphatic carbocycles. The van der Waals surface area contributed by atoms with Gasteiger partial charge in [0.05, 0.1) is 30.5 Å². The molecule has 1 unspecified atom stereocenters. The highest BCUT2D eigenvalue weighted by Crippen LogP contribution is 2.40. The van der Waals surface area contributed by atoms with Gasteiger partial charge >= 0.3 is 12.0 Å². The third-order valence-electron chi connectivity index (χ3n) is 4.76. The lowest BCUT2D eigenvalue weighted by Crippen LogP contribution is -2.44. The van der Waals surface area contributed by atoms with Crippen molar-refractivity contribution in [2.75, 3.05) is 20.3 Å². The molecule has 2 aromatic rings. The number of urea groups is 1. The molecule has 1 aliphatic rings. The number of carbonyl (C=O) groups excluding carboxylic acids is 3. The van der Waals surface area contributed by atoms with Crippen LogP contribution in [0.5, 0.6) is 11.5 Å². The van der Waals surface area contributed by atoms with Crippen molar-refractivity contribution in [2.45, 2.75) is 19.9 Å². The fraction of sp³-hybridized carbons (Fsp3) is 0.261. The largest absolute Gasteiger partial charge is 0.493 e. The predicted molar refractivity (Wildman–Crippen MR) is 119 cm³/mol. The molecular formula is C23H23ClN2O6. The van der Waals surface area contributed by atoms with Crippen LogP contribution in [0.1, 0.15) is 31.0 Å². The van der Waals surface area contributed by atoms with E-state index in [1.807, 2.05) is 18.2 Å². The van der Waals surface area contributed by atoms with Gasteiger partial charge in [-0.2, -0.15) is 0 Å². The maximum Gasteiger partial charge on any atom is 0.344 e. The van der Waals surface area contributed by atoms with Gasteiger partial charge in [0.1, 0.15) is 0 Å². The first-order chi connectivity index (χ1) is 15.3. The number of Topliss-reactive ketones (excluding diaryl/α,β-unsaturated/α-hetero) is 1. The van der Waals surface area contributed by atoms with Crippen LogP contribution in [0.4, 0.5) is 4.79 Å². The van der Waals surface area contributed by atoms with Crippen LogP contribution in [0, 0.1) is 0 Å². The van der Waals surface area contributed by atoms with Crippen molar-refractivity contribution in [2.24, 2.45) is 0 Å². The number of hydrogen-bond acceptors (Lipinski definition) is 6. The molecule has 0 radical (unpaired) electrons. The molecule has 0 saturated heterocycles. The average molecular weight is 459 g/mol. The molecular weight excluding hydrogens is 436 g/mol. The first kappa shape index (κ1) is 23.1. The highest BCUT2D eigenvalue weighted by Gasteiger charge is 2.33. The molecule has 1 heterocycles. The minimum Gasteiger partial charge on any atom is -0.493 e. The van der Waals surface area contributed by atoms with E-state index in [1.54, 1.807) is 25.1 Å². The van der Waals surface area contributed by atoms with Gasteiger partial charge in [0.2, 0.25) is 0 Å². The number of methoxy groups -OCH3 is 1. The first-order valence-electron chi connectivity index (χ1n) is 9.89. The maximum atomic E-state index is 12.6. The maximum absolute atomic E-state index is 12.6. The molecule has 0 saturated carbocycles. The molecule has 168 valence electrons. The summed E-state index contributed by atoms with van der Waals surface area (Å²) in [6.45, 7) is 3.03. The summed E-state index contributed by atoms with van der Waals surface area (Å²) in [7, 11) is 1.43. The van der Waals surface area contributed by atoms with Crippen LogP contribution in [-0.2, 0) is 14.3 Å². The third-order valence-corrected chi connectivity index (χ3v) is 5.09. The molecule has 9 heteroatoms. The lowest BCUT2D eigenvalue weighted by atomic mass is 9.90. The summed E-state index contributed by atoms with van der Waals surface area (Å²) in [6.07, 6.45) is 0. The monoisotopic (exact) mass is 458 g/mol. The normalized spacial score (nSPS) is 15.5. The van der Waals surface area contributed by atoms with Crippen molar-refractivity contribution >= 4 is 35.1 Å². The van der Waals surface area contributed by atoms with Crippen LogP contribution in [0.2, 0.25) is 5.02 Å². The van der Waals surface area contributed by atoms with Gasteiger partial charge in [-0.25, -0.2) is 9.59 Å². The fourth-order valence-electron chi connectivity index (χ4n) is 3.39. The molecule has 3 rings (SSSR count). The zero-order valence-corrected chi connectivity index (χ0v) is 18.6. The van der Waals surface area contributed by atoms with Gasteiger partial charge in [-0.1, -0.05) is 41.9 Å². The second kappa shape index (κ2) is 10.2. The molecule has 0 bridgehead atoms. The number of carbonyl (C=O) groups is 3. The van der Waals surface area contributed by atoms with Crippen molar-refractivity contribution in [1.82, 2.24) is 10.6 Å². The summed E-state index contributed by atoms with van der Waals surface area (Å²) in [5.41, 5.74) is 1.89. The van der Waals surface area contributed by atoms with E-state index >= 15 is 0 Å². The van der Waals surface area contributed by atoms with Gasteiger partial charge in [-0.05, 0) is 25.5 Å². The van der Waals surface area contributed by atoms with Crippen molar-refractivity contribution in [3.8, 4) is 11.5 Å². The number of esters is 1. The molecule has 2 aromatic carbocycles. The van der Waals surface area contributed by atoms with E-state index in [9.17, 15) is 14.4 Å². The number of rotatable bonds is 8. The van der Waals surface area contributed by atoms with E-state index in [1.165, 1.54) is 20.1 Å². The van der Waals surface area contributed by atoms with Gasteiger partial charge in [0.15, 0.2) is 23.9 Å². The summed E-state index contributed by atoms with van der Waals surface area (Å²) < 4.78 is 15.7. The Morgan fingerprint density at radius 2 is 1.84 bits per heavy atom. The zero-order chi connectivity index (χ0) is 23.3. The van der Waals surface area contributed by atoms with E-state index < -0.39 is 18.0 Å². The topological polar surface area (TPSA) is 103 Å². The summed E-state index contributed by atoms with van der Waals surface area (Å²) in [6, 6.07) is 10.8. The molecule has 1 aliphatic heterocycles. The molecule has 2 amide bonds. The smallest absolute Gasteiger partial charge is 0.344 e. The third kappa shape index (κ3) is 5.03. The van der Waals surface area contributed by atoms with Gasteiger partial charge in [-0.15, -0.1) is 0 Å². The molecule has 8 nitrogen and oxygen atoms in total. The van der Waals surface area contributed by atoms with Gasteiger partial charge in [0.25, 0.3) is 0 Å². The van der Waals surface area contributed by atoms with Crippen LogP contribution in [0.15, 0.2) is 48.0 Å². The number of hydrogen-bond donors (Lipinski definition) is 2. The molecule has 2 N–H and O–H groups in total. The van der Waals surface area contributed by atoms with Gasteiger partial charge < -0.3 is 24.8 Å². The van der Waals surface area contributed by atoms with Crippen LogP contribution < -0.4 is 20.1 Å². The fourth-order valence-corrected chi connectivity index (χ4v) is 3.66. The molecule has 0 spiro atoms. The summed E-state index contributed by atoms with van der Waals surface area (Å²) in [5.74, 6) is -0.259. The van der Waals surface area contributed by atoms with Crippen molar-refractivity contribution in [3.63, 3.8) is 0 Å². The van der Waals surface area contributed by atoms with Crippen LogP contribution in [0.25, 0.3) is 5.70 Å². The van der Waals surface area contributed by atoms with Crippen LogP contribution in [-0.4, -0.2) is 38.1 Å². The molecule has 0 aromatic heterocycles. The molecule has 1 atom stereocenters. The lowest BCUT2D eigenvalue weighted by Gasteiger charge is -2.30. The van der Waals surface area contributed by atoms with Crippen molar-refractivity contribution < 1.29 is 28.6 Å². The summed E-state index contributed by atoms with van der Waals surface area (Å²) in [5, 5.41) is 5.71. The Labute approximate surface area is 190 Å². The summed E-state index contributed by atoms with van der Waals surface area (Å²) in [4.78, 5) is 36.7. The second-order valence-electron chi connectivity index (χ2n) is 6.86. The van der Waals surface area contributed by atoms with E-state index in [0.717, 1.165) is 0 Å². The second-order valence-corrected chi connectivity index (χ2v) is 7.27. The van der Waals surface area contributed by atoms with Gasteiger partial charge in [-0.3, -0.25) is 4.79 Å². The van der Waals surface area contributed by atoms with E-state index in [4.69, 9.17) is 25.8 Å². The number of amides is 2. The standard InChI is InChI=1S/C23H23ClN2O6/c1-4-31-19(28)12-32-18-11-16(24)15(10-17(18)30-3)22-20(13(2)27)21(25-23(29)26-22)14-8-6-5-7-9-14/h5-11,22H,4,12H2,1-3H3,(H2,25,26,29). The lowest BCUT2D eigenvalue weighted by molar-refractivity contribution is -0.145. The zero-order valence-electron chi connectivity index (χ0n) is 17.9. The Bertz CT molecular complexity index is 1070. The van der Waals surface area contributed by atoms with Crippen LogP contribution in [0.3, 0.4) is 0 Å². The number of ketones is 1. The van der Waals surface area contributed by atoms with Crippen molar-refractivity contribution in [1.29, 1.82) is 0 Å².